The number of hydrogen-bond donors (Lipinski definition) is 2. The van der Waals surface area contributed by atoms with Crippen LogP contribution in [0.2, 0.25) is 0 Å². The second-order valence-electron chi connectivity index (χ2n) is 8.41. The van der Waals surface area contributed by atoms with Crippen molar-refractivity contribution < 1.29 is 54.2 Å². The highest BCUT2D eigenvalue weighted by atomic mass is 79.9. The minimum atomic E-state index is -6.30. The number of nitrogens with one attached hydrogen (secondary N) is 2. The molecule has 1 heterocycles. The monoisotopic (exact) mass is 640 g/mol. The lowest BCUT2D eigenvalue weighted by Gasteiger charge is -2.31. The topological polar surface area (TPSA) is 89.8 Å². The number of carbonyl (C=O) groups excluding carboxylic acids is 2. The lowest BCUT2D eigenvalue weighted by Crippen LogP contribution is -2.50. The zero-order valence-electron chi connectivity index (χ0n) is 21.0. The fourth-order valence-electron chi connectivity index (χ4n) is 3.85. The highest BCUT2D eigenvalue weighted by molar-refractivity contribution is 9.10. The number of methoxy groups -OCH3 is 2. The summed E-state index contributed by atoms with van der Waals surface area (Å²) in [5.41, 5.74) is -8.29. The Hall–Kier alpha value is -3.75. The van der Waals surface area contributed by atoms with E-state index in [0.717, 1.165) is 13.8 Å². The average molecular weight is 641 g/mol. The Morgan fingerprint density at radius 1 is 0.825 bits per heavy atom. The van der Waals surface area contributed by atoms with Gasteiger partial charge in [-0.1, -0.05) is 12.1 Å². The maximum Gasteiger partial charge on any atom is 0.435 e. The molecule has 0 aliphatic rings. The van der Waals surface area contributed by atoms with E-state index in [2.05, 4.69) is 26.6 Å². The zero-order chi connectivity index (χ0) is 30.2. The average Bonchev–Trinajstić information content (AvgIpc) is 3.29. The van der Waals surface area contributed by atoms with Gasteiger partial charge in [-0.25, -0.2) is 4.39 Å². The first-order chi connectivity index (χ1) is 18.4. The molecule has 2 aromatic carbocycles. The minimum Gasteiger partial charge on any atom is -0.497 e. The van der Waals surface area contributed by atoms with E-state index >= 15 is 0 Å². The molecule has 0 aliphatic heterocycles. The summed E-state index contributed by atoms with van der Waals surface area (Å²) in [4.78, 5) is 25.9. The molecule has 0 bridgehead atoms. The molecule has 3 rings (SSSR count). The molecular weight excluding hydrogens is 621 g/mol. The van der Waals surface area contributed by atoms with Crippen LogP contribution in [0.3, 0.4) is 0 Å². The van der Waals surface area contributed by atoms with Crippen LogP contribution in [0, 0.1) is 13.8 Å². The van der Waals surface area contributed by atoms with E-state index in [1.807, 2.05) is 0 Å². The Labute approximate surface area is 230 Å². The van der Waals surface area contributed by atoms with E-state index < -0.39 is 35.4 Å². The number of aryl methyl sites for hydroxylation is 2. The van der Waals surface area contributed by atoms with Gasteiger partial charge in [-0.15, -0.1) is 0 Å². The molecule has 0 spiro atoms. The molecule has 3 aromatic rings. The second kappa shape index (κ2) is 11.0. The third-order valence-corrected chi connectivity index (χ3v) is 6.17. The van der Waals surface area contributed by atoms with E-state index in [-0.39, 0.29) is 50.0 Å². The summed E-state index contributed by atoms with van der Waals surface area (Å²) in [7, 11) is 2.47. The summed E-state index contributed by atoms with van der Waals surface area (Å²) in [6.45, 7) is 2.21. The van der Waals surface area contributed by atoms with E-state index in [1.54, 1.807) is 0 Å². The molecule has 216 valence electrons. The van der Waals surface area contributed by atoms with Gasteiger partial charge in [-0.05, 0) is 59.1 Å². The van der Waals surface area contributed by atoms with Crippen molar-refractivity contribution in [2.75, 3.05) is 24.9 Å². The van der Waals surface area contributed by atoms with Crippen LogP contribution in [0.1, 0.15) is 37.6 Å². The number of amides is 2. The Kier molecular flexibility index (Phi) is 8.48. The highest BCUT2D eigenvalue weighted by Crippen LogP contribution is 2.53. The van der Waals surface area contributed by atoms with Crippen LogP contribution in [0.25, 0.3) is 0 Å². The zero-order valence-corrected chi connectivity index (χ0v) is 22.6. The first kappa shape index (κ1) is 30.8. The fourth-order valence-corrected chi connectivity index (χ4v) is 4.16. The molecule has 0 fully saturated rings. The molecule has 15 heteroatoms. The van der Waals surface area contributed by atoms with Crippen molar-refractivity contribution in [2.24, 2.45) is 0 Å². The normalized spacial score (nSPS) is 12.2. The summed E-state index contributed by atoms with van der Waals surface area (Å²) in [5.74, 6) is -1.79. The number of hydrogen-bond acceptors (Lipinski definition) is 5. The number of benzene rings is 2. The molecular formula is C25H20BrF7N2O5. The molecule has 0 atom stereocenters. The van der Waals surface area contributed by atoms with Crippen LogP contribution >= 0.6 is 15.9 Å². The first-order valence-electron chi connectivity index (χ1n) is 11.0. The van der Waals surface area contributed by atoms with Crippen molar-refractivity contribution >= 4 is 39.1 Å². The number of rotatable bonds is 7. The quantitative estimate of drug-likeness (QED) is 0.262. The second-order valence-corrected chi connectivity index (χ2v) is 9.19. The number of halogens is 8. The minimum absolute atomic E-state index is 0.0223. The van der Waals surface area contributed by atoms with Gasteiger partial charge in [0.1, 0.15) is 5.75 Å². The van der Waals surface area contributed by atoms with Gasteiger partial charge < -0.3 is 24.5 Å². The Balaban J connectivity index is 2.03. The fraction of sp³-hybridized carbons (Fsp3) is 0.280. The molecule has 0 saturated carbocycles. The Morgan fingerprint density at radius 3 is 1.85 bits per heavy atom. The van der Waals surface area contributed by atoms with Gasteiger partial charge in [0.2, 0.25) is 0 Å². The standard InChI is InChI=1S/C25H20BrF7N2O5/c1-11-7-13(23(27,24(28,29)30)25(31,32)33)8-12(2)19(11)35-21(36)15-9-14(38-3)10-16(20(15)39-4)34-22(37)17-5-6-18(26)40-17/h5-10H,1-4H3,(H,34,37)(H,35,36). The molecule has 7 nitrogen and oxygen atoms in total. The first-order valence-corrected chi connectivity index (χ1v) is 11.8. The molecule has 1 aromatic heterocycles. The smallest absolute Gasteiger partial charge is 0.435 e. The van der Waals surface area contributed by atoms with E-state index in [9.17, 15) is 40.3 Å². The van der Waals surface area contributed by atoms with Gasteiger partial charge in [0.15, 0.2) is 16.2 Å². The van der Waals surface area contributed by atoms with Crippen molar-refractivity contribution in [3.8, 4) is 11.5 Å². The number of carbonyl (C=O) groups is 2. The highest BCUT2D eigenvalue weighted by Gasteiger charge is 2.73. The largest absolute Gasteiger partial charge is 0.497 e. The van der Waals surface area contributed by atoms with E-state index in [4.69, 9.17) is 13.9 Å². The number of furan rings is 1. The summed E-state index contributed by atoms with van der Waals surface area (Å²) >= 11 is 3.07. The third kappa shape index (κ3) is 5.74. The maximum atomic E-state index is 14.6. The predicted molar refractivity (Wildman–Crippen MR) is 133 cm³/mol. The van der Waals surface area contributed by atoms with Gasteiger partial charge in [0, 0.05) is 17.3 Å². The lowest BCUT2D eigenvalue weighted by atomic mass is 9.90. The van der Waals surface area contributed by atoms with Crippen molar-refractivity contribution in [1.82, 2.24) is 0 Å². The van der Waals surface area contributed by atoms with Gasteiger partial charge in [0.05, 0.1) is 25.5 Å². The molecule has 2 amide bonds. The third-order valence-electron chi connectivity index (χ3n) is 5.74. The molecule has 0 saturated heterocycles. The summed E-state index contributed by atoms with van der Waals surface area (Å²) in [5, 5.41) is 4.90. The van der Waals surface area contributed by atoms with Crippen molar-refractivity contribution in [2.45, 2.75) is 31.9 Å². The van der Waals surface area contributed by atoms with Gasteiger partial charge >= 0.3 is 18.0 Å². The summed E-state index contributed by atoms with van der Waals surface area (Å²) in [6.07, 6.45) is -12.6. The molecule has 0 radical (unpaired) electrons. The van der Waals surface area contributed by atoms with Crippen molar-refractivity contribution in [1.29, 1.82) is 0 Å². The van der Waals surface area contributed by atoms with Gasteiger partial charge in [-0.2, -0.15) is 26.3 Å². The SMILES string of the molecule is COc1cc(NC(=O)c2ccc(Br)o2)c(OC)c(C(=O)Nc2c(C)cc(C(F)(C(F)(F)F)C(F)(F)F)cc2C)c1. The Bertz CT molecular complexity index is 1410. The van der Waals surface area contributed by atoms with Crippen LogP contribution in [-0.4, -0.2) is 38.4 Å². The summed E-state index contributed by atoms with van der Waals surface area (Å²) in [6, 6.07) is 6.14. The number of anilines is 2. The Morgan fingerprint density at radius 2 is 1.40 bits per heavy atom. The van der Waals surface area contributed by atoms with Crippen LogP contribution in [0.5, 0.6) is 11.5 Å². The van der Waals surface area contributed by atoms with Crippen LogP contribution < -0.4 is 20.1 Å². The maximum absolute atomic E-state index is 14.6. The van der Waals surface area contributed by atoms with E-state index in [1.165, 1.54) is 38.5 Å². The number of ether oxygens (including phenoxy) is 2. The van der Waals surface area contributed by atoms with Crippen LogP contribution in [-0.2, 0) is 5.67 Å². The number of alkyl halides is 7. The van der Waals surface area contributed by atoms with Gasteiger partial charge in [0.25, 0.3) is 11.8 Å². The van der Waals surface area contributed by atoms with Crippen LogP contribution in [0.15, 0.2) is 45.5 Å². The summed E-state index contributed by atoms with van der Waals surface area (Å²) < 4.78 is 110. The van der Waals surface area contributed by atoms with Crippen LogP contribution in [0.4, 0.5) is 42.1 Å². The predicted octanol–water partition coefficient (Wildman–Crippen LogP) is 7.47. The lowest BCUT2D eigenvalue weighted by molar-refractivity contribution is -0.348. The molecule has 40 heavy (non-hydrogen) atoms. The van der Waals surface area contributed by atoms with E-state index in [0.29, 0.717) is 12.1 Å². The van der Waals surface area contributed by atoms with Gasteiger partial charge in [-0.3, -0.25) is 9.59 Å². The molecule has 0 aliphatic carbocycles. The molecule has 2 N–H and O–H groups in total. The molecule has 0 unspecified atom stereocenters. The van der Waals surface area contributed by atoms with Crippen molar-refractivity contribution in [3.05, 3.63) is 69.1 Å². The van der Waals surface area contributed by atoms with Crippen molar-refractivity contribution in [3.63, 3.8) is 0 Å².